The Morgan fingerprint density at radius 3 is 2.58 bits per heavy atom. The topological polar surface area (TPSA) is 113 Å². The van der Waals surface area contributed by atoms with E-state index in [2.05, 4.69) is 25.3 Å². The quantitative estimate of drug-likeness (QED) is 0.336. The van der Waals surface area contributed by atoms with Crippen LogP contribution in [0, 0.1) is 0 Å². The van der Waals surface area contributed by atoms with Gasteiger partial charge in [-0.1, -0.05) is 24.3 Å². The van der Waals surface area contributed by atoms with Gasteiger partial charge in [-0.2, -0.15) is 0 Å². The molecule has 0 saturated carbocycles. The molecule has 1 saturated heterocycles. The SMILES string of the molecule is COc1cc(C(=O)N2CCC(c3nc(C(=O)NCc4nc5ccccc5[nH]4)cs3)CC2)nc2ccccc12. The molecule has 3 aromatic heterocycles. The second-order valence-corrected chi connectivity index (χ2v) is 10.1. The lowest BCUT2D eigenvalue weighted by molar-refractivity contribution is 0.0707. The van der Waals surface area contributed by atoms with E-state index >= 15 is 0 Å². The first kappa shape index (κ1) is 24.1. The minimum Gasteiger partial charge on any atom is -0.496 e. The molecule has 0 radical (unpaired) electrons. The third-order valence-electron chi connectivity index (χ3n) is 6.86. The van der Waals surface area contributed by atoms with Crippen LogP contribution in [0.25, 0.3) is 21.9 Å². The van der Waals surface area contributed by atoms with Crippen molar-refractivity contribution >= 4 is 45.1 Å². The van der Waals surface area contributed by atoms with Gasteiger partial charge in [-0.3, -0.25) is 9.59 Å². The van der Waals surface area contributed by atoms with Crippen LogP contribution in [0.1, 0.15) is 50.6 Å². The number of nitrogens with zero attached hydrogens (tertiary/aromatic N) is 4. The van der Waals surface area contributed by atoms with Crippen molar-refractivity contribution in [1.29, 1.82) is 0 Å². The highest BCUT2D eigenvalue weighted by molar-refractivity contribution is 7.09. The molecule has 192 valence electrons. The van der Waals surface area contributed by atoms with Crippen LogP contribution in [-0.4, -0.2) is 56.8 Å². The number of hydrogen-bond acceptors (Lipinski definition) is 7. The number of thiazole rings is 1. The number of fused-ring (bicyclic) bond motifs is 2. The number of methoxy groups -OCH3 is 1. The van der Waals surface area contributed by atoms with Gasteiger partial charge < -0.3 is 19.9 Å². The molecule has 0 spiro atoms. The largest absolute Gasteiger partial charge is 0.496 e. The lowest BCUT2D eigenvalue weighted by Crippen LogP contribution is -2.38. The van der Waals surface area contributed by atoms with Gasteiger partial charge in [0.15, 0.2) is 0 Å². The van der Waals surface area contributed by atoms with Crippen LogP contribution in [0.3, 0.4) is 0 Å². The molecule has 0 aliphatic carbocycles. The fourth-order valence-electron chi connectivity index (χ4n) is 4.84. The normalized spacial score (nSPS) is 14.2. The lowest BCUT2D eigenvalue weighted by Gasteiger charge is -2.31. The molecular formula is C28H26N6O3S. The standard InChI is InChI=1S/C28H26N6O3S/c1-37-24-14-22(30-19-7-3-2-6-18(19)24)28(36)34-12-10-17(11-13-34)27-33-23(16-38-27)26(35)29-15-25-31-20-8-4-5-9-21(20)32-25/h2-9,14,16-17H,10-13,15H2,1H3,(H,29,35)(H,31,32). The molecule has 2 N–H and O–H groups in total. The van der Waals surface area contributed by atoms with E-state index in [9.17, 15) is 9.59 Å². The van der Waals surface area contributed by atoms with Gasteiger partial charge in [0, 0.05) is 35.8 Å². The summed E-state index contributed by atoms with van der Waals surface area (Å²) in [7, 11) is 1.60. The Labute approximate surface area is 222 Å². The van der Waals surface area contributed by atoms with Crippen molar-refractivity contribution in [2.75, 3.05) is 20.2 Å². The predicted molar refractivity (Wildman–Crippen MR) is 146 cm³/mol. The van der Waals surface area contributed by atoms with Crippen molar-refractivity contribution in [3.8, 4) is 5.75 Å². The summed E-state index contributed by atoms with van der Waals surface area (Å²) in [5.74, 6) is 1.22. The maximum atomic E-state index is 13.2. The second-order valence-electron chi connectivity index (χ2n) is 9.25. The van der Waals surface area contributed by atoms with Gasteiger partial charge in [-0.15, -0.1) is 11.3 Å². The number of carbonyl (C=O) groups is 2. The zero-order chi connectivity index (χ0) is 26.1. The Morgan fingerprint density at radius 2 is 1.79 bits per heavy atom. The fourth-order valence-corrected chi connectivity index (χ4v) is 5.81. The summed E-state index contributed by atoms with van der Waals surface area (Å²) in [6, 6.07) is 17.1. The van der Waals surface area contributed by atoms with Gasteiger partial charge in [0.05, 0.1) is 35.2 Å². The number of benzene rings is 2. The maximum Gasteiger partial charge on any atom is 0.272 e. The van der Waals surface area contributed by atoms with Gasteiger partial charge in [0.2, 0.25) is 0 Å². The Bertz CT molecular complexity index is 1600. The third-order valence-corrected chi connectivity index (χ3v) is 7.87. The number of ether oxygens (including phenoxy) is 1. The van der Waals surface area contributed by atoms with Crippen LogP contribution in [0.4, 0.5) is 0 Å². The molecule has 2 amide bonds. The average Bonchev–Trinajstić information content (AvgIpc) is 3.62. The highest BCUT2D eigenvalue weighted by Gasteiger charge is 2.28. The fraction of sp³-hybridized carbons (Fsp3) is 0.250. The molecule has 38 heavy (non-hydrogen) atoms. The number of likely N-dealkylation sites (tertiary alicyclic amines) is 1. The molecule has 4 heterocycles. The number of H-pyrrole nitrogens is 1. The van der Waals surface area contributed by atoms with Crippen LogP contribution >= 0.6 is 11.3 Å². The van der Waals surface area contributed by atoms with Crippen LogP contribution in [0.15, 0.2) is 60.0 Å². The number of nitrogens with one attached hydrogen (secondary N) is 2. The van der Waals surface area contributed by atoms with E-state index in [-0.39, 0.29) is 17.7 Å². The van der Waals surface area contributed by atoms with Gasteiger partial charge in [-0.25, -0.2) is 15.0 Å². The number of hydrogen-bond donors (Lipinski definition) is 2. The van der Waals surface area contributed by atoms with E-state index in [1.54, 1.807) is 18.6 Å². The van der Waals surface area contributed by atoms with Gasteiger partial charge in [-0.05, 0) is 37.1 Å². The minimum absolute atomic E-state index is 0.0997. The van der Waals surface area contributed by atoms with Gasteiger partial charge in [0.25, 0.3) is 11.8 Å². The van der Waals surface area contributed by atoms with E-state index in [0.29, 0.717) is 42.6 Å². The monoisotopic (exact) mass is 526 g/mol. The predicted octanol–water partition coefficient (Wildman–Crippen LogP) is 4.53. The molecule has 0 bridgehead atoms. The minimum atomic E-state index is -0.225. The lowest BCUT2D eigenvalue weighted by atomic mass is 9.97. The number of pyridine rings is 1. The van der Waals surface area contributed by atoms with E-state index < -0.39 is 0 Å². The molecular weight excluding hydrogens is 500 g/mol. The number of imidazole rings is 1. The van der Waals surface area contributed by atoms with Gasteiger partial charge in [0.1, 0.15) is 23.0 Å². The zero-order valence-corrected chi connectivity index (χ0v) is 21.6. The van der Waals surface area contributed by atoms with E-state index in [0.717, 1.165) is 39.8 Å². The molecule has 5 aromatic rings. The summed E-state index contributed by atoms with van der Waals surface area (Å²) in [4.78, 5) is 44.7. The van der Waals surface area contributed by atoms with E-state index in [1.165, 1.54) is 11.3 Å². The summed E-state index contributed by atoms with van der Waals surface area (Å²) in [5, 5.41) is 6.50. The van der Waals surface area contributed by atoms with Crippen molar-refractivity contribution < 1.29 is 14.3 Å². The number of carbonyl (C=O) groups excluding carboxylic acids is 2. The first-order chi connectivity index (χ1) is 18.6. The summed E-state index contributed by atoms with van der Waals surface area (Å²) >= 11 is 1.49. The Kier molecular flexibility index (Phi) is 6.47. The molecule has 2 aromatic carbocycles. The van der Waals surface area contributed by atoms with Crippen molar-refractivity contribution in [3.05, 3.63) is 82.2 Å². The summed E-state index contributed by atoms with van der Waals surface area (Å²) < 4.78 is 5.50. The Morgan fingerprint density at radius 1 is 1.03 bits per heavy atom. The number of aromatic amines is 1. The van der Waals surface area contributed by atoms with Crippen LogP contribution in [-0.2, 0) is 6.54 Å². The van der Waals surface area contributed by atoms with Crippen molar-refractivity contribution in [2.24, 2.45) is 0 Å². The number of aromatic nitrogens is 4. The highest BCUT2D eigenvalue weighted by Crippen LogP contribution is 2.32. The molecule has 6 rings (SSSR count). The van der Waals surface area contributed by atoms with Crippen LogP contribution in [0.2, 0.25) is 0 Å². The van der Waals surface area contributed by atoms with Crippen LogP contribution < -0.4 is 10.1 Å². The smallest absolute Gasteiger partial charge is 0.272 e. The molecule has 0 atom stereocenters. The summed E-state index contributed by atoms with van der Waals surface area (Å²) in [5.41, 5.74) is 3.34. The van der Waals surface area contributed by atoms with Crippen molar-refractivity contribution in [2.45, 2.75) is 25.3 Å². The first-order valence-electron chi connectivity index (χ1n) is 12.5. The molecule has 0 unspecified atom stereocenters. The summed E-state index contributed by atoms with van der Waals surface area (Å²) in [6.45, 7) is 1.51. The van der Waals surface area contributed by atoms with E-state index in [4.69, 9.17) is 4.74 Å². The van der Waals surface area contributed by atoms with Crippen molar-refractivity contribution in [3.63, 3.8) is 0 Å². The molecule has 10 heteroatoms. The maximum absolute atomic E-state index is 13.2. The average molecular weight is 527 g/mol. The number of piperidine rings is 1. The summed E-state index contributed by atoms with van der Waals surface area (Å²) in [6.07, 6.45) is 1.56. The first-order valence-corrected chi connectivity index (χ1v) is 13.4. The number of para-hydroxylation sites is 3. The second kappa shape index (κ2) is 10.2. The number of rotatable bonds is 6. The van der Waals surface area contributed by atoms with Crippen LogP contribution in [0.5, 0.6) is 5.75 Å². The molecule has 1 fully saturated rings. The van der Waals surface area contributed by atoms with Crippen molar-refractivity contribution in [1.82, 2.24) is 30.2 Å². The molecule has 9 nitrogen and oxygen atoms in total. The number of amides is 2. The zero-order valence-electron chi connectivity index (χ0n) is 20.8. The van der Waals surface area contributed by atoms with E-state index in [1.807, 2.05) is 53.4 Å². The Hall–Kier alpha value is -4.31. The molecule has 1 aliphatic heterocycles. The highest BCUT2D eigenvalue weighted by atomic mass is 32.1. The van der Waals surface area contributed by atoms with Gasteiger partial charge >= 0.3 is 0 Å². The third kappa shape index (κ3) is 4.70. The molecule has 1 aliphatic rings. The Balaban J connectivity index is 1.06.